The molecule has 1 saturated carbocycles. The van der Waals surface area contributed by atoms with Crippen LogP contribution in [0.15, 0.2) is 11.6 Å². The number of imide groups is 1. The highest BCUT2D eigenvalue weighted by Gasteiger charge is 2.65. The van der Waals surface area contributed by atoms with Crippen LogP contribution in [-0.2, 0) is 9.59 Å². The second-order valence-corrected chi connectivity index (χ2v) is 5.22. The summed E-state index contributed by atoms with van der Waals surface area (Å²) >= 11 is 0. The molecule has 2 aliphatic carbocycles. The molecule has 1 N–H and O–H groups in total. The molecule has 4 heteroatoms. The molecule has 1 aliphatic heterocycles. The van der Waals surface area contributed by atoms with Crippen molar-refractivity contribution in [1.82, 2.24) is 5.06 Å². The van der Waals surface area contributed by atoms with Gasteiger partial charge in [0.05, 0.1) is 5.41 Å². The van der Waals surface area contributed by atoms with E-state index in [9.17, 15) is 14.8 Å². The van der Waals surface area contributed by atoms with E-state index in [1.807, 2.05) is 0 Å². The summed E-state index contributed by atoms with van der Waals surface area (Å²) in [6, 6.07) is 0. The highest BCUT2D eigenvalue weighted by Crippen LogP contribution is 2.62. The van der Waals surface area contributed by atoms with E-state index in [-0.39, 0.29) is 18.2 Å². The Morgan fingerprint density at radius 2 is 2.31 bits per heavy atom. The Balaban J connectivity index is 1.91. The van der Waals surface area contributed by atoms with E-state index in [2.05, 4.69) is 13.0 Å². The van der Waals surface area contributed by atoms with Gasteiger partial charge in [-0.05, 0) is 31.1 Å². The average molecular weight is 221 g/mol. The Kier molecular flexibility index (Phi) is 1.84. The van der Waals surface area contributed by atoms with Gasteiger partial charge in [-0.2, -0.15) is 5.06 Å². The monoisotopic (exact) mass is 221 g/mol. The van der Waals surface area contributed by atoms with E-state index in [0.29, 0.717) is 11.0 Å². The third-order valence-corrected chi connectivity index (χ3v) is 4.49. The molecule has 1 saturated heterocycles. The summed E-state index contributed by atoms with van der Waals surface area (Å²) in [4.78, 5) is 23.3. The Bertz CT molecular complexity index is 414. The minimum atomic E-state index is -0.590. The van der Waals surface area contributed by atoms with Crippen LogP contribution in [0.25, 0.3) is 0 Å². The number of nitrogens with zero attached hydrogens (tertiary/aromatic N) is 1. The number of hydroxylamine groups is 2. The van der Waals surface area contributed by atoms with E-state index >= 15 is 0 Å². The van der Waals surface area contributed by atoms with E-state index in [4.69, 9.17) is 0 Å². The lowest BCUT2D eigenvalue weighted by Crippen LogP contribution is -2.50. The van der Waals surface area contributed by atoms with E-state index < -0.39 is 11.3 Å². The van der Waals surface area contributed by atoms with Crippen molar-refractivity contribution in [2.45, 2.75) is 32.6 Å². The van der Waals surface area contributed by atoms with Gasteiger partial charge in [0.1, 0.15) is 0 Å². The quantitative estimate of drug-likeness (QED) is 0.414. The lowest BCUT2D eigenvalue weighted by molar-refractivity contribution is -0.178. The molecule has 1 unspecified atom stereocenters. The van der Waals surface area contributed by atoms with Crippen LogP contribution < -0.4 is 0 Å². The summed E-state index contributed by atoms with van der Waals surface area (Å²) in [6.45, 7) is 2.11. The topological polar surface area (TPSA) is 57.6 Å². The molecule has 2 fully saturated rings. The molecule has 4 nitrogen and oxygen atoms in total. The molecular formula is C12H15NO3. The number of hydrogen-bond acceptors (Lipinski definition) is 3. The predicted octanol–water partition coefficient (Wildman–Crippen LogP) is 1.50. The van der Waals surface area contributed by atoms with Crippen LogP contribution in [0.5, 0.6) is 0 Å². The molecule has 3 atom stereocenters. The second kappa shape index (κ2) is 2.94. The fourth-order valence-electron chi connectivity index (χ4n) is 3.60. The van der Waals surface area contributed by atoms with Crippen LogP contribution >= 0.6 is 0 Å². The molecule has 1 heterocycles. The van der Waals surface area contributed by atoms with Gasteiger partial charge in [-0.15, -0.1) is 0 Å². The lowest BCUT2D eigenvalue weighted by Gasteiger charge is -2.47. The zero-order valence-electron chi connectivity index (χ0n) is 9.27. The van der Waals surface area contributed by atoms with Crippen LogP contribution in [0.2, 0.25) is 0 Å². The highest BCUT2D eigenvalue weighted by atomic mass is 16.5. The number of rotatable bonds is 1. The maximum absolute atomic E-state index is 11.9. The zero-order chi connectivity index (χ0) is 11.5. The van der Waals surface area contributed by atoms with Gasteiger partial charge in [-0.1, -0.05) is 18.6 Å². The van der Waals surface area contributed by atoms with Gasteiger partial charge in [-0.3, -0.25) is 14.8 Å². The summed E-state index contributed by atoms with van der Waals surface area (Å²) in [7, 11) is 0. The van der Waals surface area contributed by atoms with Crippen molar-refractivity contribution in [3.63, 3.8) is 0 Å². The Morgan fingerprint density at radius 1 is 1.56 bits per heavy atom. The Labute approximate surface area is 93.9 Å². The molecule has 0 radical (unpaired) electrons. The van der Waals surface area contributed by atoms with Crippen molar-refractivity contribution < 1.29 is 14.8 Å². The molecule has 0 bridgehead atoms. The zero-order valence-corrected chi connectivity index (χ0v) is 9.27. The summed E-state index contributed by atoms with van der Waals surface area (Å²) in [6.07, 6.45) is 5.21. The maximum atomic E-state index is 11.9. The molecule has 1 spiro atoms. The molecule has 0 aromatic heterocycles. The normalized spacial score (nSPS) is 41.4. The number of allylic oxidation sites excluding steroid dienone is 2. The van der Waals surface area contributed by atoms with Crippen molar-refractivity contribution in [2.24, 2.45) is 17.3 Å². The van der Waals surface area contributed by atoms with Crippen molar-refractivity contribution in [2.75, 3.05) is 0 Å². The Hall–Kier alpha value is -1.16. The van der Waals surface area contributed by atoms with Gasteiger partial charge in [-0.25, -0.2) is 0 Å². The van der Waals surface area contributed by atoms with Crippen molar-refractivity contribution >= 4 is 11.8 Å². The van der Waals surface area contributed by atoms with Crippen molar-refractivity contribution in [1.29, 1.82) is 0 Å². The highest BCUT2D eigenvalue weighted by molar-refractivity contribution is 6.05. The first-order valence-electron chi connectivity index (χ1n) is 5.84. The van der Waals surface area contributed by atoms with Gasteiger partial charge < -0.3 is 0 Å². The SMILES string of the molecule is CCC1=C[C@@H]2[C@H](C1)CC21CC(=O)N(O)C1=O. The summed E-state index contributed by atoms with van der Waals surface area (Å²) in [5.41, 5.74) is 0.802. The van der Waals surface area contributed by atoms with Crippen LogP contribution in [0.3, 0.4) is 0 Å². The van der Waals surface area contributed by atoms with Gasteiger partial charge in [0.2, 0.25) is 0 Å². The summed E-state index contributed by atoms with van der Waals surface area (Å²) < 4.78 is 0. The summed E-state index contributed by atoms with van der Waals surface area (Å²) in [5, 5.41) is 9.65. The van der Waals surface area contributed by atoms with E-state index in [0.717, 1.165) is 19.3 Å². The van der Waals surface area contributed by atoms with Crippen LogP contribution in [0.4, 0.5) is 0 Å². The minimum Gasteiger partial charge on any atom is -0.278 e. The van der Waals surface area contributed by atoms with Crippen molar-refractivity contribution in [3.05, 3.63) is 11.6 Å². The number of hydrogen-bond donors (Lipinski definition) is 1. The molecule has 3 aliphatic rings. The number of fused-ring (bicyclic) bond motifs is 2. The van der Waals surface area contributed by atoms with E-state index in [1.165, 1.54) is 5.57 Å². The molecule has 86 valence electrons. The van der Waals surface area contributed by atoms with Crippen LogP contribution in [-0.4, -0.2) is 22.1 Å². The van der Waals surface area contributed by atoms with Gasteiger partial charge in [0.25, 0.3) is 11.8 Å². The minimum absolute atomic E-state index is 0.191. The average Bonchev–Trinajstić information content (AvgIpc) is 2.71. The lowest BCUT2D eigenvalue weighted by atomic mass is 9.54. The first kappa shape index (κ1) is 10.0. The first-order chi connectivity index (χ1) is 7.58. The molecule has 16 heavy (non-hydrogen) atoms. The second-order valence-electron chi connectivity index (χ2n) is 5.22. The summed E-state index contributed by atoms with van der Waals surface area (Å²) in [5.74, 6) is -0.108. The molecular weight excluding hydrogens is 206 g/mol. The fraction of sp³-hybridized carbons (Fsp3) is 0.667. The number of amides is 2. The molecule has 0 aromatic rings. The maximum Gasteiger partial charge on any atom is 0.260 e. The largest absolute Gasteiger partial charge is 0.278 e. The van der Waals surface area contributed by atoms with Gasteiger partial charge in [0.15, 0.2) is 0 Å². The van der Waals surface area contributed by atoms with Gasteiger partial charge >= 0.3 is 0 Å². The van der Waals surface area contributed by atoms with E-state index in [1.54, 1.807) is 0 Å². The third kappa shape index (κ3) is 0.981. The standard InChI is InChI=1S/C12H15NO3/c1-2-7-3-8-5-12(9(8)4-7)6-10(14)13(16)11(12)15/h4,8-9,16H,2-3,5-6H2,1H3/t8-,9-,12?/m1/s1. The third-order valence-electron chi connectivity index (χ3n) is 4.49. The van der Waals surface area contributed by atoms with Gasteiger partial charge in [0, 0.05) is 6.42 Å². The molecule has 2 amide bonds. The number of carbonyl (C=O) groups excluding carboxylic acids is 2. The molecule has 0 aromatic carbocycles. The van der Waals surface area contributed by atoms with Crippen molar-refractivity contribution in [3.8, 4) is 0 Å². The Morgan fingerprint density at radius 3 is 2.88 bits per heavy atom. The smallest absolute Gasteiger partial charge is 0.260 e. The molecule has 3 rings (SSSR count). The van der Waals surface area contributed by atoms with Crippen LogP contribution in [0, 0.1) is 17.3 Å². The first-order valence-corrected chi connectivity index (χ1v) is 5.84. The number of carbonyl (C=O) groups is 2. The fourth-order valence-corrected chi connectivity index (χ4v) is 3.60. The predicted molar refractivity (Wildman–Crippen MR) is 55.3 cm³/mol. The van der Waals surface area contributed by atoms with Crippen LogP contribution in [0.1, 0.15) is 32.6 Å².